The van der Waals surface area contributed by atoms with E-state index in [-0.39, 0.29) is 11.5 Å². The van der Waals surface area contributed by atoms with E-state index in [9.17, 15) is 5.11 Å². The summed E-state index contributed by atoms with van der Waals surface area (Å²) < 4.78 is 0. The summed E-state index contributed by atoms with van der Waals surface area (Å²) in [5.74, 6) is 1.32. The molecule has 0 heterocycles. The molecule has 0 aliphatic heterocycles. The van der Waals surface area contributed by atoms with Gasteiger partial charge < -0.3 is 10.0 Å². The van der Waals surface area contributed by atoms with Gasteiger partial charge in [-0.05, 0) is 17.3 Å². The molecule has 0 aromatic carbocycles. The maximum atomic E-state index is 10.1. The van der Waals surface area contributed by atoms with Crippen molar-refractivity contribution < 1.29 is 5.11 Å². The molecule has 1 N–H and O–H groups in total. The lowest BCUT2D eigenvalue weighted by Crippen LogP contribution is -2.42. The molecule has 0 aromatic rings. The molecule has 0 radical (unpaired) electrons. The molecule has 0 saturated carbocycles. The first kappa shape index (κ1) is 15.9. The molecule has 0 saturated heterocycles. The van der Waals surface area contributed by atoms with Crippen molar-refractivity contribution in [3.8, 4) is 0 Å². The molecule has 0 fully saturated rings. The highest BCUT2D eigenvalue weighted by Gasteiger charge is 2.24. The molecule has 1 atom stereocenters. The third kappa shape index (κ3) is 7.24. The van der Waals surface area contributed by atoms with Crippen molar-refractivity contribution in [2.75, 3.05) is 19.6 Å². The van der Waals surface area contributed by atoms with Gasteiger partial charge in [0.15, 0.2) is 0 Å². The Labute approximate surface area is 102 Å². The Morgan fingerprint density at radius 1 is 0.875 bits per heavy atom. The topological polar surface area (TPSA) is 23.5 Å². The number of aliphatic hydroxyl groups is 1. The van der Waals surface area contributed by atoms with E-state index in [4.69, 9.17) is 0 Å². The fourth-order valence-electron chi connectivity index (χ4n) is 1.77. The maximum absolute atomic E-state index is 10.1. The van der Waals surface area contributed by atoms with E-state index in [0.29, 0.717) is 11.8 Å². The molecule has 98 valence electrons. The van der Waals surface area contributed by atoms with Gasteiger partial charge >= 0.3 is 0 Å². The summed E-state index contributed by atoms with van der Waals surface area (Å²) in [6, 6.07) is 0. The first-order valence-corrected chi connectivity index (χ1v) is 6.53. The summed E-state index contributed by atoms with van der Waals surface area (Å²) in [4.78, 5) is 2.39. The minimum Gasteiger partial charge on any atom is -0.391 e. The summed E-state index contributed by atoms with van der Waals surface area (Å²) >= 11 is 0. The standard InChI is InChI=1S/C14H31NO/c1-11(2)8-15(9-12(3)4)10-13(16)14(5,6)7/h11-13,16H,8-10H2,1-7H3. The highest BCUT2D eigenvalue weighted by atomic mass is 16.3. The van der Waals surface area contributed by atoms with Gasteiger partial charge in [0.05, 0.1) is 6.10 Å². The third-order valence-electron chi connectivity index (χ3n) is 2.68. The molecule has 0 aliphatic carbocycles. The normalized spacial score (nSPS) is 15.2. The summed E-state index contributed by atoms with van der Waals surface area (Å²) in [7, 11) is 0. The quantitative estimate of drug-likeness (QED) is 0.757. The first-order valence-electron chi connectivity index (χ1n) is 6.53. The minimum atomic E-state index is -0.245. The number of nitrogens with zero attached hydrogens (tertiary/aromatic N) is 1. The molecular formula is C14H31NO. The SMILES string of the molecule is CC(C)CN(CC(C)C)CC(O)C(C)(C)C. The third-order valence-corrected chi connectivity index (χ3v) is 2.68. The molecule has 0 aromatic heterocycles. The molecule has 0 rings (SSSR count). The summed E-state index contributed by atoms with van der Waals surface area (Å²) in [6.07, 6.45) is -0.245. The predicted octanol–water partition coefficient (Wildman–Crippen LogP) is 3.01. The Kier molecular flexibility index (Phi) is 6.57. The fourth-order valence-corrected chi connectivity index (χ4v) is 1.77. The van der Waals surface area contributed by atoms with Gasteiger partial charge in [-0.25, -0.2) is 0 Å². The highest BCUT2D eigenvalue weighted by Crippen LogP contribution is 2.20. The van der Waals surface area contributed by atoms with Crippen molar-refractivity contribution >= 4 is 0 Å². The van der Waals surface area contributed by atoms with Crippen LogP contribution in [0.15, 0.2) is 0 Å². The second-order valence-electron chi connectivity index (χ2n) is 6.89. The molecule has 0 amide bonds. The summed E-state index contributed by atoms with van der Waals surface area (Å²) in [5.41, 5.74) is -0.0216. The van der Waals surface area contributed by atoms with E-state index in [1.165, 1.54) is 0 Å². The zero-order valence-electron chi connectivity index (χ0n) is 12.2. The van der Waals surface area contributed by atoms with Gasteiger partial charge in [-0.3, -0.25) is 0 Å². The van der Waals surface area contributed by atoms with Crippen LogP contribution in [0.5, 0.6) is 0 Å². The molecule has 0 bridgehead atoms. The fraction of sp³-hybridized carbons (Fsp3) is 1.00. The van der Waals surface area contributed by atoms with Gasteiger partial charge in [0.1, 0.15) is 0 Å². The van der Waals surface area contributed by atoms with Gasteiger partial charge in [0.2, 0.25) is 0 Å². The van der Waals surface area contributed by atoms with Gasteiger partial charge in [-0.15, -0.1) is 0 Å². The Hall–Kier alpha value is -0.0800. The van der Waals surface area contributed by atoms with Crippen molar-refractivity contribution in [1.29, 1.82) is 0 Å². The molecule has 0 spiro atoms. The van der Waals surface area contributed by atoms with Crippen LogP contribution in [0.2, 0.25) is 0 Å². The lowest BCUT2D eigenvalue weighted by atomic mass is 9.88. The molecule has 16 heavy (non-hydrogen) atoms. The van der Waals surface area contributed by atoms with E-state index in [2.05, 4.69) is 53.4 Å². The molecule has 0 aliphatic rings. The van der Waals surface area contributed by atoms with Crippen LogP contribution in [0.4, 0.5) is 0 Å². The van der Waals surface area contributed by atoms with Gasteiger partial charge in [0, 0.05) is 19.6 Å². The average molecular weight is 229 g/mol. The monoisotopic (exact) mass is 229 g/mol. The largest absolute Gasteiger partial charge is 0.391 e. The van der Waals surface area contributed by atoms with E-state index in [1.807, 2.05) is 0 Å². The minimum absolute atomic E-state index is 0.0216. The van der Waals surface area contributed by atoms with Crippen LogP contribution in [0.25, 0.3) is 0 Å². The lowest BCUT2D eigenvalue weighted by Gasteiger charge is -2.33. The van der Waals surface area contributed by atoms with Crippen molar-refractivity contribution in [2.45, 2.75) is 54.6 Å². The second-order valence-corrected chi connectivity index (χ2v) is 6.89. The number of rotatable bonds is 6. The van der Waals surface area contributed by atoms with Crippen molar-refractivity contribution in [2.24, 2.45) is 17.3 Å². The maximum Gasteiger partial charge on any atom is 0.0715 e. The van der Waals surface area contributed by atoms with Crippen LogP contribution in [-0.2, 0) is 0 Å². The Morgan fingerprint density at radius 2 is 1.25 bits per heavy atom. The smallest absolute Gasteiger partial charge is 0.0715 e. The Morgan fingerprint density at radius 3 is 1.50 bits per heavy atom. The van der Waals surface area contributed by atoms with Crippen molar-refractivity contribution in [3.63, 3.8) is 0 Å². The van der Waals surface area contributed by atoms with Crippen LogP contribution in [0, 0.1) is 17.3 Å². The number of aliphatic hydroxyl groups excluding tert-OH is 1. The Bertz CT molecular complexity index is 172. The van der Waals surface area contributed by atoms with Crippen molar-refractivity contribution in [1.82, 2.24) is 4.90 Å². The predicted molar refractivity (Wildman–Crippen MR) is 71.6 cm³/mol. The average Bonchev–Trinajstić information content (AvgIpc) is 1.98. The van der Waals surface area contributed by atoms with Crippen LogP contribution >= 0.6 is 0 Å². The van der Waals surface area contributed by atoms with Crippen LogP contribution in [0.3, 0.4) is 0 Å². The number of hydrogen-bond acceptors (Lipinski definition) is 2. The van der Waals surface area contributed by atoms with Gasteiger partial charge in [-0.2, -0.15) is 0 Å². The highest BCUT2D eigenvalue weighted by molar-refractivity contribution is 4.77. The van der Waals surface area contributed by atoms with Crippen molar-refractivity contribution in [3.05, 3.63) is 0 Å². The molecular weight excluding hydrogens is 198 g/mol. The van der Waals surface area contributed by atoms with Crippen LogP contribution in [0.1, 0.15) is 48.5 Å². The van der Waals surface area contributed by atoms with Crippen LogP contribution in [-0.4, -0.2) is 35.7 Å². The first-order chi connectivity index (χ1) is 7.12. The summed E-state index contributed by atoms with van der Waals surface area (Å²) in [6.45, 7) is 18.2. The zero-order valence-corrected chi connectivity index (χ0v) is 12.2. The van der Waals surface area contributed by atoms with Crippen LogP contribution < -0.4 is 0 Å². The number of hydrogen-bond donors (Lipinski definition) is 1. The summed E-state index contributed by atoms with van der Waals surface area (Å²) in [5, 5.41) is 10.1. The molecule has 2 nitrogen and oxygen atoms in total. The van der Waals surface area contributed by atoms with E-state index < -0.39 is 0 Å². The Balaban J connectivity index is 4.30. The van der Waals surface area contributed by atoms with Gasteiger partial charge in [0.25, 0.3) is 0 Å². The van der Waals surface area contributed by atoms with Gasteiger partial charge in [-0.1, -0.05) is 48.5 Å². The van der Waals surface area contributed by atoms with E-state index in [0.717, 1.165) is 19.6 Å². The zero-order chi connectivity index (χ0) is 12.9. The van der Waals surface area contributed by atoms with E-state index >= 15 is 0 Å². The molecule has 1 unspecified atom stereocenters. The van der Waals surface area contributed by atoms with E-state index in [1.54, 1.807) is 0 Å². The lowest BCUT2D eigenvalue weighted by molar-refractivity contribution is 0.0223. The molecule has 2 heteroatoms. The second kappa shape index (κ2) is 6.61.